The highest BCUT2D eigenvalue weighted by atomic mass is 16.5. The van der Waals surface area contributed by atoms with Gasteiger partial charge in [0.2, 0.25) is 0 Å². The SMILES string of the molecule is COCCNCCC1CCN(c2cc(C(=O)NCC3CCC(CNC(=O)O)CC3)c3ccccc3n2)CC1. The lowest BCUT2D eigenvalue weighted by Gasteiger charge is -2.33. The van der Waals surface area contributed by atoms with E-state index in [1.165, 1.54) is 6.42 Å². The Balaban J connectivity index is 1.32. The van der Waals surface area contributed by atoms with Crippen LogP contribution in [0.2, 0.25) is 0 Å². The minimum atomic E-state index is -0.960. The van der Waals surface area contributed by atoms with Crippen LogP contribution in [0.15, 0.2) is 30.3 Å². The minimum Gasteiger partial charge on any atom is -0.465 e. The van der Waals surface area contributed by atoms with E-state index in [0.29, 0.717) is 36.4 Å². The number of fused-ring (bicyclic) bond motifs is 1. The molecule has 0 unspecified atom stereocenters. The molecule has 2 amide bonds. The number of rotatable bonds is 12. The molecule has 9 heteroatoms. The van der Waals surface area contributed by atoms with Crippen molar-refractivity contribution in [1.82, 2.24) is 20.9 Å². The molecule has 0 bridgehead atoms. The van der Waals surface area contributed by atoms with Crippen molar-refractivity contribution >= 4 is 28.7 Å². The van der Waals surface area contributed by atoms with Crippen LogP contribution in [-0.2, 0) is 4.74 Å². The lowest BCUT2D eigenvalue weighted by molar-refractivity contribution is 0.0942. The number of hydrogen-bond donors (Lipinski definition) is 4. The van der Waals surface area contributed by atoms with Gasteiger partial charge in [0, 0.05) is 45.2 Å². The van der Waals surface area contributed by atoms with E-state index in [1.54, 1.807) is 7.11 Å². The Kier molecular flexibility index (Phi) is 10.6. The van der Waals surface area contributed by atoms with E-state index in [1.807, 2.05) is 30.3 Å². The number of para-hydroxylation sites is 1. The van der Waals surface area contributed by atoms with E-state index in [2.05, 4.69) is 20.9 Å². The molecule has 0 spiro atoms. The third kappa shape index (κ3) is 8.04. The number of nitrogens with zero attached hydrogens (tertiary/aromatic N) is 2. The number of anilines is 1. The number of carboxylic acid groups (broad SMARTS) is 1. The van der Waals surface area contributed by atoms with Crippen molar-refractivity contribution in [3.05, 3.63) is 35.9 Å². The second kappa shape index (κ2) is 14.3. The lowest BCUT2D eigenvalue weighted by atomic mass is 9.82. The summed E-state index contributed by atoms with van der Waals surface area (Å²) in [7, 11) is 1.73. The van der Waals surface area contributed by atoms with Gasteiger partial charge in [0.25, 0.3) is 5.91 Å². The zero-order valence-electron chi connectivity index (χ0n) is 22.6. The van der Waals surface area contributed by atoms with Crippen molar-refractivity contribution in [3.8, 4) is 0 Å². The van der Waals surface area contributed by atoms with Gasteiger partial charge in [-0.3, -0.25) is 4.79 Å². The van der Waals surface area contributed by atoms with E-state index < -0.39 is 6.09 Å². The fourth-order valence-electron chi connectivity index (χ4n) is 5.77. The molecule has 1 aromatic carbocycles. The normalized spacial score (nSPS) is 20.4. The maximum Gasteiger partial charge on any atom is 0.404 e. The van der Waals surface area contributed by atoms with Crippen molar-refractivity contribution in [2.75, 3.05) is 57.9 Å². The molecule has 2 heterocycles. The quantitative estimate of drug-likeness (QED) is 0.311. The van der Waals surface area contributed by atoms with E-state index >= 15 is 0 Å². The van der Waals surface area contributed by atoms with Crippen LogP contribution in [0.4, 0.5) is 10.6 Å². The molecule has 4 rings (SSSR count). The standard InChI is InChI=1S/C29H43N5O4/c1-38-17-14-30-13-10-21-11-15-34(16-12-21)27-18-25(24-4-2-3-5-26(24)33-27)28(35)31-19-22-6-8-23(9-7-22)20-32-29(36)37/h2-5,18,21-23,30,32H,6-17,19-20H2,1H3,(H,31,35)(H,36,37). The predicted molar refractivity (Wildman–Crippen MR) is 150 cm³/mol. The van der Waals surface area contributed by atoms with Crippen LogP contribution in [0.3, 0.4) is 0 Å². The number of benzene rings is 1. The van der Waals surface area contributed by atoms with E-state index in [9.17, 15) is 9.59 Å². The molecule has 2 fully saturated rings. The number of hydrogen-bond acceptors (Lipinski definition) is 6. The van der Waals surface area contributed by atoms with Crippen LogP contribution < -0.4 is 20.9 Å². The van der Waals surface area contributed by atoms with Gasteiger partial charge in [0.05, 0.1) is 17.7 Å². The summed E-state index contributed by atoms with van der Waals surface area (Å²) in [6.07, 6.45) is 6.47. The number of pyridine rings is 1. The van der Waals surface area contributed by atoms with E-state index in [-0.39, 0.29) is 5.91 Å². The Morgan fingerprint density at radius 3 is 2.34 bits per heavy atom. The Hall–Kier alpha value is -2.91. The zero-order valence-corrected chi connectivity index (χ0v) is 22.6. The highest BCUT2D eigenvalue weighted by molar-refractivity contribution is 6.07. The van der Waals surface area contributed by atoms with Crippen molar-refractivity contribution in [2.45, 2.75) is 44.9 Å². The maximum atomic E-state index is 13.4. The van der Waals surface area contributed by atoms with Gasteiger partial charge in [0.15, 0.2) is 0 Å². The fraction of sp³-hybridized carbons (Fsp3) is 0.621. The number of amides is 2. The predicted octanol–water partition coefficient (Wildman–Crippen LogP) is 3.88. The molecule has 2 aliphatic rings. The summed E-state index contributed by atoms with van der Waals surface area (Å²) < 4.78 is 5.10. The van der Waals surface area contributed by atoms with Gasteiger partial charge in [-0.2, -0.15) is 0 Å². The second-order valence-electron chi connectivity index (χ2n) is 10.8. The molecular weight excluding hydrogens is 482 g/mol. The topological polar surface area (TPSA) is 116 Å². The monoisotopic (exact) mass is 525 g/mol. The highest BCUT2D eigenvalue weighted by Crippen LogP contribution is 2.29. The number of carbonyl (C=O) groups is 2. The Labute approximate surface area is 225 Å². The smallest absolute Gasteiger partial charge is 0.404 e. The number of carbonyl (C=O) groups excluding carboxylic acids is 1. The van der Waals surface area contributed by atoms with Gasteiger partial charge < -0.3 is 30.7 Å². The molecule has 0 atom stereocenters. The molecule has 1 aliphatic heterocycles. The largest absolute Gasteiger partial charge is 0.465 e. The Morgan fingerprint density at radius 2 is 1.66 bits per heavy atom. The molecule has 4 N–H and O–H groups in total. The highest BCUT2D eigenvalue weighted by Gasteiger charge is 2.24. The first kappa shape index (κ1) is 28.1. The van der Waals surface area contributed by atoms with Gasteiger partial charge in [-0.25, -0.2) is 9.78 Å². The summed E-state index contributed by atoms with van der Waals surface area (Å²) in [5.74, 6) is 2.37. The fourth-order valence-corrected chi connectivity index (χ4v) is 5.77. The van der Waals surface area contributed by atoms with E-state index in [0.717, 1.165) is 88.0 Å². The summed E-state index contributed by atoms with van der Waals surface area (Å²) in [5.41, 5.74) is 1.54. The second-order valence-corrected chi connectivity index (χ2v) is 10.8. The van der Waals surface area contributed by atoms with Crippen LogP contribution in [0, 0.1) is 17.8 Å². The molecule has 9 nitrogen and oxygen atoms in total. The van der Waals surface area contributed by atoms with Crippen molar-refractivity contribution in [1.29, 1.82) is 0 Å². The maximum absolute atomic E-state index is 13.4. The van der Waals surface area contributed by atoms with Crippen molar-refractivity contribution < 1.29 is 19.4 Å². The number of nitrogens with one attached hydrogen (secondary N) is 3. The summed E-state index contributed by atoms with van der Waals surface area (Å²) in [6, 6.07) is 9.87. The number of ether oxygens (including phenoxy) is 1. The van der Waals surface area contributed by atoms with Gasteiger partial charge >= 0.3 is 6.09 Å². The molecule has 1 saturated heterocycles. The zero-order chi connectivity index (χ0) is 26.7. The first-order valence-electron chi connectivity index (χ1n) is 14.1. The Morgan fingerprint density at radius 1 is 0.974 bits per heavy atom. The van der Waals surface area contributed by atoms with Gasteiger partial charge in [-0.1, -0.05) is 18.2 Å². The van der Waals surface area contributed by atoms with E-state index in [4.69, 9.17) is 14.8 Å². The first-order chi connectivity index (χ1) is 18.5. The molecule has 1 saturated carbocycles. The molecule has 0 radical (unpaired) electrons. The van der Waals surface area contributed by atoms with Crippen LogP contribution in [0.5, 0.6) is 0 Å². The summed E-state index contributed by atoms with van der Waals surface area (Å²) >= 11 is 0. The van der Waals surface area contributed by atoms with Crippen molar-refractivity contribution in [2.24, 2.45) is 17.8 Å². The summed E-state index contributed by atoms with van der Waals surface area (Å²) in [4.78, 5) is 31.4. The summed E-state index contributed by atoms with van der Waals surface area (Å²) in [5, 5.41) is 18.8. The molecule has 208 valence electrons. The third-order valence-electron chi connectivity index (χ3n) is 8.16. The average Bonchev–Trinajstić information content (AvgIpc) is 2.95. The number of piperidine rings is 1. The minimum absolute atomic E-state index is 0.0449. The van der Waals surface area contributed by atoms with Gasteiger partial charge in [0.1, 0.15) is 5.82 Å². The Bertz CT molecular complexity index is 1050. The number of methoxy groups -OCH3 is 1. The molecule has 38 heavy (non-hydrogen) atoms. The summed E-state index contributed by atoms with van der Waals surface area (Å²) in [6.45, 7) is 5.73. The van der Waals surface area contributed by atoms with Crippen LogP contribution in [0.25, 0.3) is 10.9 Å². The molecule has 2 aromatic rings. The van der Waals surface area contributed by atoms with Crippen LogP contribution >= 0.6 is 0 Å². The molecular formula is C29H43N5O4. The van der Waals surface area contributed by atoms with Gasteiger partial charge in [-0.05, 0) is 81.4 Å². The van der Waals surface area contributed by atoms with Crippen LogP contribution in [-0.4, -0.2) is 75.1 Å². The van der Waals surface area contributed by atoms with Gasteiger partial charge in [-0.15, -0.1) is 0 Å². The first-order valence-corrected chi connectivity index (χ1v) is 14.1. The third-order valence-corrected chi connectivity index (χ3v) is 8.16. The lowest BCUT2D eigenvalue weighted by Crippen LogP contribution is -2.36. The van der Waals surface area contributed by atoms with Crippen molar-refractivity contribution in [3.63, 3.8) is 0 Å². The molecule has 1 aromatic heterocycles. The van der Waals surface area contributed by atoms with Crippen LogP contribution in [0.1, 0.15) is 55.3 Å². The molecule has 1 aliphatic carbocycles. The number of aromatic nitrogens is 1. The average molecular weight is 526 g/mol.